The molecule has 3 heterocycles. The molecule has 7 nitrogen and oxygen atoms in total. The number of amides is 1. The summed E-state index contributed by atoms with van der Waals surface area (Å²) in [6.07, 6.45) is 1.80. The van der Waals surface area contributed by atoms with Crippen LogP contribution < -0.4 is 15.4 Å². The fourth-order valence-electron chi connectivity index (χ4n) is 4.31. The number of carbonyl (C=O) groups is 1. The van der Waals surface area contributed by atoms with Crippen molar-refractivity contribution in [2.75, 3.05) is 42.5 Å². The second kappa shape index (κ2) is 9.41. The molecule has 2 fully saturated rings. The summed E-state index contributed by atoms with van der Waals surface area (Å²) in [6, 6.07) is 12.3. The van der Waals surface area contributed by atoms with E-state index in [4.69, 9.17) is 12.2 Å². The van der Waals surface area contributed by atoms with Gasteiger partial charge in [0.1, 0.15) is 21.8 Å². The van der Waals surface area contributed by atoms with Crippen molar-refractivity contribution in [3.05, 3.63) is 62.3 Å². The number of para-hydroxylation sites is 1. The third-order valence-corrected chi connectivity index (χ3v) is 7.51. The molecule has 170 valence electrons. The first-order chi connectivity index (χ1) is 15.9. The van der Waals surface area contributed by atoms with Gasteiger partial charge in [0.2, 0.25) is 0 Å². The summed E-state index contributed by atoms with van der Waals surface area (Å²) >= 11 is 6.62. The van der Waals surface area contributed by atoms with Crippen LogP contribution in [0.5, 0.6) is 0 Å². The highest BCUT2D eigenvalue weighted by molar-refractivity contribution is 8.26. The van der Waals surface area contributed by atoms with E-state index in [0.29, 0.717) is 34.4 Å². The Hall–Kier alpha value is -3.09. The number of hydrogen-bond donors (Lipinski definition) is 0. The van der Waals surface area contributed by atoms with Crippen molar-refractivity contribution >= 4 is 51.8 Å². The van der Waals surface area contributed by atoms with E-state index in [9.17, 15) is 14.9 Å². The van der Waals surface area contributed by atoms with Crippen LogP contribution in [0.1, 0.15) is 23.6 Å². The number of anilines is 2. The molecule has 1 aromatic heterocycles. The number of hydrogen-bond acceptors (Lipinski definition) is 7. The molecule has 0 radical (unpaired) electrons. The van der Waals surface area contributed by atoms with Crippen molar-refractivity contribution in [1.29, 1.82) is 5.26 Å². The SMILES string of the molecule is CCN1C(=O)C(=Cc2c(C)c(C#N)c(=O)n(C)c2N2CCN(c3ccccc3)CC2)SC1=S. The molecular formula is C24H25N5O2S2. The van der Waals surface area contributed by atoms with Crippen LogP contribution in [0.3, 0.4) is 0 Å². The molecule has 0 unspecified atom stereocenters. The Balaban J connectivity index is 1.75. The van der Waals surface area contributed by atoms with Crippen molar-refractivity contribution in [3.63, 3.8) is 0 Å². The zero-order valence-electron chi connectivity index (χ0n) is 18.9. The summed E-state index contributed by atoms with van der Waals surface area (Å²) in [5.41, 5.74) is 2.25. The fraction of sp³-hybridized carbons (Fsp3) is 0.333. The summed E-state index contributed by atoms with van der Waals surface area (Å²) in [7, 11) is 1.69. The monoisotopic (exact) mass is 479 g/mol. The van der Waals surface area contributed by atoms with Gasteiger partial charge in [0.05, 0.1) is 4.91 Å². The number of carbonyl (C=O) groups excluding carboxylic acids is 1. The highest BCUT2D eigenvalue weighted by Gasteiger charge is 2.32. The largest absolute Gasteiger partial charge is 0.368 e. The lowest BCUT2D eigenvalue weighted by atomic mass is 10.0. The number of nitriles is 1. The van der Waals surface area contributed by atoms with Crippen molar-refractivity contribution in [3.8, 4) is 6.07 Å². The number of thiocarbonyl (C=S) groups is 1. The zero-order chi connectivity index (χ0) is 23.7. The molecule has 1 aromatic carbocycles. The van der Waals surface area contributed by atoms with Gasteiger partial charge in [-0.25, -0.2) is 0 Å². The third kappa shape index (κ3) is 4.16. The van der Waals surface area contributed by atoms with E-state index >= 15 is 0 Å². The molecule has 9 heteroatoms. The molecule has 2 saturated heterocycles. The van der Waals surface area contributed by atoms with Gasteiger partial charge in [-0.1, -0.05) is 42.2 Å². The molecule has 0 spiro atoms. The molecule has 4 rings (SSSR count). The van der Waals surface area contributed by atoms with Gasteiger partial charge in [-0.15, -0.1) is 0 Å². The average Bonchev–Trinajstić information content (AvgIpc) is 3.10. The summed E-state index contributed by atoms with van der Waals surface area (Å²) < 4.78 is 2.06. The number of likely N-dealkylation sites (N-methyl/N-ethyl adjacent to an activating group) is 1. The maximum Gasteiger partial charge on any atom is 0.270 e. The zero-order valence-corrected chi connectivity index (χ0v) is 20.5. The fourth-order valence-corrected chi connectivity index (χ4v) is 5.68. The Bertz CT molecular complexity index is 1240. The Kier molecular flexibility index (Phi) is 6.58. The van der Waals surface area contributed by atoms with Crippen molar-refractivity contribution in [1.82, 2.24) is 9.47 Å². The van der Waals surface area contributed by atoms with Gasteiger partial charge in [-0.05, 0) is 37.6 Å². The lowest BCUT2D eigenvalue weighted by molar-refractivity contribution is -0.121. The highest BCUT2D eigenvalue weighted by atomic mass is 32.2. The van der Waals surface area contributed by atoms with Crippen molar-refractivity contribution in [2.45, 2.75) is 13.8 Å². The maximum atomic E-state index is 13.0. The number of piperazine rings is 1. The Morgan fingerprint density at radius 1 is 1.12 bits per heavy atom. The predicted molar refractivity (Wildman–Crippen MR) is 138 cm³/mol. The summed E-state index contributed by atoms with van der Waals surface area (Å²) in [4.78, 5) is 32.4. The molecule has 0 N–H and O–H groups in total. The van der Waals surface area contributed by atoms with Gasteiger partial charge in [0.15, 0.2) is 0 Å². The molecule has 0 aliphatic carbocycles. The topological polar surface area (TPSA) is 72.6 Å². The summed E-state index contributed by atoms with van der Waals surface area (Å²) in [5, 5.41) is 9.64. The lowest BCUT2D eigenvalue weighted by Gasteiger charge is -2.38. The molecular weight excluding hydrogens is 454 g/mol. The molecule has 0 bridgehead atoms. The summed E-state index contributed by atoms with van der Waals surface area (Å²) in [6.45, 7) is 7.19. The lowest BCUT2D eigenvalue weighted by Crippen LogP contribution is -2.48. The first-order valence-electron chi connectivity index (χ1n) is 10.8. The minimum Gasteiger partial charge on any atom is -0.368 e. The quantitative estimate of drug-likeness (QED) is 0.493. The maximum absolute atomic E-state index is 13.0. The van der Waals surface area contributed by atoms with E-state index in [0.717, 1.165) is 24.5 Å². The smallest absolute Gasteiger partial charge is 0.270 e. The molecule has 0 atom stereocenters. The first-order valence-corrected chi connectivity index (χ1v) is 12.0. The van der Waals surface area contributed by atoms with Crippen LogP contribution in [0.25, 0.3) is 6.08 Å². The Labute approximate surface area is 202 Å². The second-order valence-electron chi connectivity index (χ2n) is 7.95. The predicted octanol–water partition coefficient (Wildman–Crippen LogP) is 3.11. The third-order valence-electron chi connectivity index (χ3n) is 6.13. The van der Waals surface area contributed by atoms with Crippen LogP contribution in [-0.4, -0.2) is 52.4 Å². The number of rotatable bonds is 4. The first kappa shape index (κ1) is 23.1. The molecule has 0 saturated carbocycles. The van der Waals surface area contributed by atoms with Gasteiger partial charge in [0, 0.05) is 51.0 Å². The van der Waals surface area contributed by atoms with Crippen LogP contribution in [0.2, 0.25) is 0 Å². The average molecular weight is 480 g/mol. The van der Waals surface area contributed by atoms with E-state index in [-0.39, 0.29) is 17.0 Å². The highest BCUT2D eigenvalue weighted by Crippen LogP contribution is 2.35. The normalized spacial score (nSPS) is 17.8. The molecule has 1 amide bonds. The van der Waals surface area contributed by atoms with Crippen LogP contribution in [0.4, 0.5) is 11.5 Å². The minimum absolute atomic E-state index is 0.0985. The van der Waals surface area contributed by atoms with Crippen molar-refractivity contribution in [2.24, 2.45) is 7.05 Å². The van der Waals surface area contributed by atoms with Gasteiger partial charge in [-0.3, -0.25) is 19.1 Å². The van der Waals surface area contributed by atoms with Gasteiger partial charge in [0.25, 0.3) is 11.5 Å². The Morgan fingerprint density at radius 2 is 1.76 bits per heavy atom. The molecule has 2 aromatic rings. The Morgan fingerprint density at radius 3 is 2.33 bits per heavy atom. The van der Waals surface area contributed by atoms with E-state index in [2.05, 4.69) is 28.0 Å². The van der Waals surface area contributed by atoms with Crippen LogP contribution in [0.15, 0.2) is 40.0 Å². The molecule has 2 aliphatic heterocycles. The minimum atomic E-state index is -0.325. The van der Waals surface area contributed by atoms with Gasteiger partial charge < -0.3 is 9.80 Å². The van der Waals surface area contributed by atoms with Crippen molar-refractivity contribution < 1.29 is 4.79 Å². The number of aromatic nitrogens is 1. The van der Waals surface area contributed by atoms with Gasteiger partial charge in [-0.2, -0.15) is 5.26 Å². The number of nitrogens with zero attached hydrogens (tertiary/aromatic N) is 5. The van der Waals surface area contributed by atoms with E-state index in [1.54, 1.807) is 24.9 Å². The van der Waals surface area contributed by atoms with Crippen LogP contribution >= 0.6 is 24.0 Å². The van der Waals surface area contributed by atoms with Crippen LogP contribution in [0, 0.1) is 18.3 Å². The standard InChI is InChI=1S/C24H25N5O2S2/c1-4-29-23(31)20(33-24(29)32)14-18-16(2)19(15-25)22(30)26(3)21(18)28-12-10-27(11-13-28)17-8-6-5-7-9-17/h5-9,14H,4,10-13H2,1-3H3. The number of benzene rings is 1. The van der Waals surface area contributed by atoms with E-state index in [1.807, 2.05) is 25.1 Å². The number of thioether (sulfide) groups is 1. The second-order valence-corrected chi connectivity index (χ2v) is 9.62. The summed E-state index contributed by atoms with van der Waals surface area (Å²) in [5.74, 6) is 0.588. The van der Waals surface area contributed by atoms with Gasteiger partial charge >= 0.3 is 0 Å². The van der Waals surface area contributed by atoms with E-state index in [1.165, 1.54) is 22.0 Å². The van der Waals surface area contributed by atoms with Crippen LogP contribution in [-0.2, 0) is 11.8 Å². The molecule has 33 heavy (non-hydrogen) atoms. The molecule has 2 aliphatic rings. The number of pyridine rings is 1. The van der Waals surface area contributed by atoms with E-state index < -0.39 is 0 Å².